The fourth-order valence-electron chi connectivity index (χ4n) is 2.97. The van der Waals surface area contributed by atoms with E-state index in [4.69, 9.17) is 14.0 Å². The standard InChI is InChI=1S/C18H21FN2O5/c1-24-16-4-2-3-14(17(16)22)20-18(23)15-9-13(26-21-15)10-25-12-7-5-11(19)6-8-12/h5-9,14,16-17,22H,2-4,10H2,1H3,(H,20,23)/t14-,16-,17-/m1/s1. The quantitative estimate of drug-likeness (QED) is 0.815. The molecule has 0 unspecified atom stereocenters. The Balaban J connectivity index is 1.55. The Morgan fingerprint density at radius 3 is 2.88 bits per heavy atom. The summed E-state index contributed by atoms with van der Waals surface area (Å²) in [6.07, 6.45) is 1.25. The van der Waals surface area contributed by atoms with Crippen molar-refractivity contribution in [3.05, 3.63) is 47.6 Å². The minimum Gasteiger partial charge on any atom is -0.486 e. The van der Waals surface area contributed by atoms with E-state index in [9.17, 15) is 14.3 Å². The molecule has 1 amide bonds. The largest absolute Gasteiger partial charge is 0.486 e. The van der Waals surface area contributed by atoms with E-state index in [1.54, 1.807) is 7.11 Å². The average molecular weight is 364 g/mol. The van der Waals surface area contributed by atoms with Gasteiger partial charge in [-0.25, -0.2) is 4.39 Å². The van der Waals surface area contributed by atoms with Crippen LogP contribution in [0, 0.1) is 5.82 Å². The maximum absolute atomic E-state index is 12.9. The molecular weight excluding hydrogens is 343 g/mol. The summed E-state index contributed by atoms with van der Waals surface area (Å²) in [5, 5.41) is 16.7. The van der Waals surface area contributed by atoms with Crippen LogP contribution in [0.2, 0.25) is 0 Å². The summed E-state index contributed by atoms with van der Waals surface area (Å²) in [6.45, 7) is 0.0592. The third-order valence-corrected chi connectivity index (χ3v) is 4.40. The Bertz CT molecular complexity index is 733. The summed E-state index contributed by atoms with van der Waals surface area (Å²) in [5.74, 6) is 0.0577. The second kappa shape index (κ2) is 8.29. The lowest BCUT2D eigenvalue weighted by atomic mass is 9.90. The summed E-state index contributed by atoms with van der Waals surface area (Å²) in [7, 11) is 1.54. The molecule has 7 nitrogen and oxygen atoms in total. The number of aliphatic hydroxyl groups excluding tert-OH is 1. The average Bonchev–Trinajstić information content (AvgIpc) is 3.12. The van der Waals surface area contributed by atoms with Gasteiger partial charge in [0.1, 0.15) is 24.3 Å². The van der Waals surface area contributed by atoms with Gasteiger partial charge >= 0.3 is 0 Å². The molecular formula is C18H21FN2O5. The van der Waals surface area contributed by atoms with E-state index in [1.807, 2.05) is 0 Å². The zero-order chi connectivity index (χ0) is 18.5. The first-order chi connectivity index (χ1) is 12.6. The van der Waals surface area contributed by atoms with Crippen LogP contribution in [0.3, 0.4) is 0 Å². The molecule has 0 radical (unpaired) electrons. The molecule has 8 heteroatoms. The van der Waals surface area contributed by atoms with E-state index < -0.39 is 18.1 Å². The highest BCUT2D eigenvalue weighted by molar-refractivity contribution is 5.92. The molecule has 140 valence electrons. The lowest BCUT2D eigenvalue weighted by molar-refractivity contribution is -0.0513. The fourth-order valence-corrected chi connectivity index (χ4v) is 2.97. The number of hydrogen-bond donors (Lipinski definition) is 2. The maximum Gasteiger partial charge on any atom is 0.273 e. The number of halogens is 1. The van der Waals surface area contributed by atoms with Crippen molar-refractivity contribution >= 4 is 5.91 Å². The second-order valence-electron chi connectivity index (χ2n) is 6.20. The van der Waals surface area contributed by atoms with E-state index >= 15 is 0 Å². The third-order valence-electron chi connectivity index (χ3n) is 4.40. The van der Waals surface area contributed by atoms with E-state index in [0.717, 1.165) is 12.8 Å². The van der Waals surface area contributed by atoms with Gasteiger partial charge in [-0.1, -0.05) is 5.16 Å². The van der Waals surface area contributed by atoms with Crippen molar-refractivity contribution in [3.63, 3.8) is 0 Å². The molecule has 0 aliphatic heterocycles. The Morgan fingerprint density at radius 2 is 2.15 bits per heavy atom. The molecule has 1 heterocycles. The molecule has 1 aromatic heterocycles. The van der Waals surface area contributed by atoms with Crippen molar-refractivity contribution < 1.29 is 28.3 Å². The molecule has 1 fully saturated rings. The first-order valence-corrected chi connectivity index (χ1v) is 8.42. The van der Waals surface area contributed by atoms with Gasteiger partial charge in [0.15, 0.2) is 11.5 Å². The fraction of sp³-hybridized carbons (Fsp3) is 0.444. The van der Waals surface area contributed by atoms with Crippen molar-refractivity contribution in [1.82, 2.24) is 10.5 Å². The predicted octanol–water partition coefficient (Wildman–Crippen LogP) is 2.05. The number of nitrogens with zero attached hydrogens (tertiary/aromatic N) is 1. The Kier molecular flexibility index (Phi) is 5.85. The summed E-state index contributed by atoms with van der Waals surface area (Å²) >= 11 is 0. The highest BCUT2D eigenvalue weighted by atomic mass is 19.1. The monoisotopic (exact) mass is 364 g/mol. The third kappa shape index (κ3) is 4.39. The van der Waals surface area contributed by atoms with Gasteiger partial charge in [-0.05, 0) is 43.5 Å². The van der Waals surface area contributed by atoms with Gasteiger partial charge in [-0.2, -0.15) is 0 Å². The molecule has 0 saturated heterocycles. The van der Waals surface area contributed by atoms with Gasteiger partial charge in [-0.3, -0.25) is 4.79 Å². The normalized spacial score (nSPS) is 22.8. The van der Waals surface area contributed by atoms with Crippen molar-refractivity contribution in [1.29, 1.82) is 0 Å². The molecule has 2 N–H and O–H groups in total. The van der Waals surface area contributed by atoms with Crippen LogP contribution in [0.5, 0.6) is 5.75 Å². The van der Waals surface area contributed by atoms with E-state index in [2.05, 4.69) is 10.5 Å². The van der Waals surface area contributed by atoms with E-state index in [1.165, 1.54) is 30.3 Å². The van der Waals surface area contributed by atoms with Gasteiger partial charge in [0.25, 0.3) is 5.91 Å². The van der Waals surface area contributed by atoms with Crippen LogP contribution >= 0.6 is 0 Å². The van der Waals surface area contributed by atoms with Crippen molar-refractivity contribution in [2.75, 3.05) is 7.11 Å². The molecule has 2 aromatic rings. The van der Waals surface area contributed by atoms with Crippen LogP contribution in [0.1, 0.15) is 35.5 Å². The smallest absolute Gasteiger partial charge is 0.273 e. The molecule has 1 aromatic carbocycles. The SMILES string of the molecule is CO[C@@H]1CCC[C@@H](NC(=O)c2cc(COc3ccc(F)cc3)on2)[C@H]1O. The summed E-state index contributed by atoms with van der Waals surface area (Å²) in [6, 6.07) is 6.65. The number of rotatable bonds is 6. The predicted molar refractivity (Wildman–Crippen MR) is 89.1 cm³/mol. The van der Waals surface area contributed by atoms with E-state index in [-0.39, 0.29) is 24.2 Å². The number of carbonyl (C=O) groups excluding carboxylic acids is 1. The first kappa shape index (κ1) is 18.3. The Labute approximate surface area is 150 Å². The molecule has 3 rings (SSSR count). The molecule has 26 heavy (non-hydrogen) atoms. The summed E-state index contributed by atoms with van der Waals surface area (Å²) in [4.78, 5) is 12.3. The molecule has 1 aliphatic carbocycles. The number of benzene rings is 1. The van der Waals surface area contributed by atoms with Crippen molar-refractivity contribution in [2.24, 2.45) is 0 Å². The highest BCUT2D eigenvalue weighted by Gasteiger charge is 2.33. The Hall–Kier alpha value is -2.45. The number of methoxy groups -OCH3 is 1. The zero-order valence-electron chi connectivity index (χ0n) is 14.4. The molecule has 0 spiro atoms. The number of nitrogens with one attached hydrogen (secondary N) is 1. The maximum atomic E-state index is 12.9. The van der Waals surface area contributed by atoms with Gasteiger partial charge in [0.05, 0.1) is 12.1 Å². The second-order valence-corrected chi connectivity index (χ2v) is 6.20. The molecule has 1 aliphatic rings. The van der Waals surface area contributed by atoms with E-state index in [0.29, 0.717) is 17.9 Å². The van der Waals surface area contributed by atoms with Gasteiger partial charge < -0.3 is 24.4 Å². The number of ether oxygens (including phenoxy) is 2. The van der Waals surface area contributed by atoms with Gasteiger partial charge in [-0.15, -0.1) is 0 Å². The highest BCUT2D eigenvalue weighted by Crippen LogP contribution is 2.22. The minimum atomic E-state index is -0.758. The molecule has 1 saturated carbocycles. The number of aromatic nitrogens is 1. The Morgan fingerprint density at radius 1 is 1.38 bits per heavy atom. The first-order valence-electron chi connectivity index (χ1n) is 8.42. The minimum absolute atomic E-state index is 0.0592. The number of hydrogen-bond acceptors (Lipinski definition) is 6. The van der Waals surface area contributed by atoms with Crippen LogP contribution in [0.15, 0.2) is 34.9 Å². The number of amides is 1. The summed E-state index contributed by atoms with van der Waals surface area (Å²) < 4.78 is 28.6. The van der Waals surface area contributed by atoms with Crippen LogP contribution in [-0.2, 0) is 11.3 Å². The van der Waals surface area contributed by atoms with Crippen molar-refractivity contribution in [2.45, 2.75) is 44.1 Å². The topological polar surface area (TPSA) is 93.8 Å². The molecule has 3 atom stereocenters. The number of aliphatic hydroxyl groups is 1. The van der Waals surface area contributed by atoms with Gasteiger partial charge in [0.2, 0.25) is 0 Å². The van der Waals surface area contributed by atoms with Gasteiger partial charge in [0, 0.05) is 13.2 Å². The van der Waals surface area contributed by atoms with Crippen LogP contribution in [0.4, 0.5) is 4.39 Å². The lowest BCUT2D eigenvalue weighted by Gasteiger charge is -2.34. The lowest BCUT2D eigenvalue weighted by Crippen LogP contribution is -2.51. The zero-order valence-corrected chi connectivity index (χ0v) is 14.4. The van der Waals surface area contributed by atoms with Crippen LogP contribution in [0.25, 0.3) is 0 Å². The summed E-state index contributed by atoms with van der Waals surface area (Å²) in [5.41, 5.74) is 0.106. The molecule has 0 bridgehead atoms. The van der Waals surface area contributed by atoms with Crippen LogP contribution < -0.4 is 10.1 Å². The number of carbonyl (C=O) groups is 1. The van der Waals surface area contributed by atoms with Crippen LogP contribution in [-0.4, -0.2) is 41.5 Å². The van der Waals surface area contributed by atoms with Crippen molar-refractivity contribution in [3.8, 4) is 5.75 Å².